The Bertz CT molecular complexity index is 654. The number of amides is 1. The van der Waals surface area contributed by atoms with Gasteiger partial charge in [-0.15, -0.1) is 0 Å². The molecule has 6 nitrogen and oxygen atoms in total. The predicted octanol–water partition coefficient (Wildman–Crippen LogP) is 1.92. The zero-order chi connectivity index (χ0) is 14.7. The first-order chi connectivity index (χ1) is 9.47. The highest BCUT2D eigenvalue weighted by Gasteiger charge is 2.16. The van der Waals surface area contributed by atoms with Crippen LogP contribution in [0.25, 0.3) is 0 Å². The summed E-state index contributed by atoms with van der Waals surface area (Å²) >= 11 is 0. The molecule has 1 unspecified atom stereocenters. The van der Waals surface area contributed by atoms with Crippen molar-refractivity contribution in [1.82, 2.24) is 9.78 Å². The molecule has 1 aromatic carbocycles. The molecular weight excluding hydrogens is 265 g/mol. The first-order valence-corrected chi connectivity index (χ1v) is 5.81. The number of carboxylic acid groups (broad SMARTS) is 1. The Labute approximate surface area is 113 Å². The van der Waals surface area contributed by atoms with E-state index in [0.29, 0.717) is 5.69 Å². The summed E-state index contributed by atoms with van der Waals surface area (Å²) in [5.41, 5.74) is 0.511. The molecule has 0 aliphatic heterocycles. The molecule has 0 bridgehead atoms. The van der Waals surface area contributed by atoms with Gasteiger partial charge in [0.05, 0.1) is 11.8 Å². The van der Waals surface area contributed by atoms with Crippen molar-refractivity contribution >= 4 is 17.6 Å². The number of anilines is 1. The van der Waals surface area contributed by atoms with Crippen LogP contribution in [0.2, 0.25) is 0 Å². The maximum Gasteiger partial charge on any atom is 0.328 e. The van der Waals surface area contributed by atoms with E-state index in [4.69, 9.17) is 5.11 Å². The van der Waals surface area contributed by atoms with Crippen LogP contribution in [0.5, 0.6) is 0 Å². The molecule has 0 fully saturated rings. The van der Waals surface area contributed by atoms with Gasteiger partial charge in [0.25, 0.3) is 5.91 Å². The van der Waals surface area contributed by atoms with E-state index < -0.39 is 23.7 Å². The smallest absolute Gasteiger partial charge is 0.328 e. The Morgan fingerprint density at radius 2 is 2.20 bits per heavy atom. The minimum absolute atomic E-state index is 0.197. The number of carbonyl (C=O) groups excluding carboxylic acids is 1. The van der Waals surface area contributed by atoms with E-state index >= 15 is 0 Å². The molecule has 0 saturated carbocycles. The summed E-state index contributed by atoms with van der Waals surface area (Å²) < 4.78 is 14.2. The minimum Gasteiger partial charge on any atom is -0.480 e. The van der Waals surface area contributed by atoms with E-state index in [1.165, 1.54) is 42.2 Å². The average Bonchev–Trinajstić information content (AvgIpc) is 2.87. The van der Waals surface area contributed by atoms with E-state index in [9.17, 15) is 14.0 Å². The molecule has 2 aromatic rings. The fourth-order valence-electron chi connectivity index (χ4n) is 1.55. The quantitative estimate of drug-likeness (QED) is 0.894. The molecule has 0 spiro atoms. The first-order valence-electron chi connectivity index (χ1n) is 5.81. The fourth-order valence-corrected chi connectivity index (χ4v) is 1.55. The Balaban J connectivity index is 2.12. The third-order valence-corrected chi connectivity index (χ3v) is 2.70. The molecule has 1 aromatic heterocycles. The number of nitrogens with one attached hydrogen (secondary N) is 1. The Hall–Kier alpha value is -2.70. The van der Waals surface area contributed by atoms with Gasteiger partial charge in [-0.1, -0.05) is 6.07 Å². The maximum atomic E-state index is 13.0. The van der Waals surface area contributed by atoms with Crippen LogP contribution in [-0.4, -0.2) is 26.8 Å². The summed E-state index contributed by atoms with van der Waals surface area (Å²) in [7, 11) is 0. The number of rotatable bonds is 4. The monoisotopic (exact) mass is 277 g/mol. The van der Waals surface area contributed by atoms with Gasteiger partial charge in [-0.25, -0.2) is 9.18 Å². The molecule has 1 heterocycles. The molecule has 2 rings (SSSR count). The van der Waals surface area contributed by atoms with Crippen molar-refractivity contribution in [2.75, 3.05) is 5.32 Å². The van der Waals surface area contributed by atoms with E-state index in [1.54, 1.807) is 6.07 Å². The van der Waals surface area contributed by atoms with Crippen molar-refractivity contribution in [1.29, 1.82) is 0 Å². The topological polar surface area (TPSA) is 84.2 Å². The number of hydrogen-bond donors (Lipinski definition) is 2. The van der Waals surface area contributed by atoms with Crippen LogP contribution in [0, 0.1) is 5.82 Å². The zero-order valence-corrected chi connectivity index (χ0v) is 10.6. The van der Waals surface area contributed by atoms with Crippen molar-refractivity contribution in [2.45, 2.75) is 13.0 Å². The highest BCUT2D eigenvalue weighted by atomic mass is 19.1. The highest BCUT2D eigenvalue weighted by Crippen LogP contribution is 2.12. The van der Waals surface area contributed by atoms with Gasteiger partial charge in [-0.3, -0.25) is 9.48 Å². The standard InChI is InChI=1S/C13H12FN3O3/c1-8(13(19)20)17-7-9(6-15-17)12(18)16-11-4-2-3-10(14)5-11/h2-8H,1H3,(H,16,18)(H,19,20). The number of carbonyl (C=O) groups is 2. The molecule has 20 heavy (non-hydrogen) atoms. The molecule has 0 aliphatic carbocycles. The number of aliphatic carboxylic acids is 1. The number of hydrogen-bond acceptors (Lipinski definition) is 3. The van der Waals surface area contributed by atoms with Gasteiger partial charge < -0.3 is 10.4 Å². The Morgan fingerprint density at radius 3 is 2.85 bits per heavy atom. The second-order valence-electron chi connectivity index (χ2n) is 4.19. The normalized spacial score (nSPS) is 11.9. The summed E-state index contributed by atoms with van der Waals surface area (Å²) in [4.78, 5) is 22.7. The number of benzene rings is 1. The highest BCUT2D eigenvalue weighted by molar-refractivity contribution is 6.03. The second-order valence-corrected chi connectivity index (χ2v) is 4.19. The molecule has 0 saturated heterocycles. The van der Waals surface area contributed by atoms with E-state index in [0.717, 1.165) is 0 Å². The summed E-state index contributed by atoms with van der Waals surface area (Å²) in [5.74, 6) is -2.00. The fraction of sp³-hybridized carbons (Fsp3) is 0.154. The lowest BCUT2D eigenvalue weighted by Crippen LogP contribution is -2.16. The molecule has 0 aliphatic rings. The minimum atomic E-state index is -1.05. The van der Waals surface area contributed by atoms with Crippen molar-refractivity contribution in [3.8, 4) is 0 Å². The lowest BCUT2D eigenvalue weighted by atomic mass is 10.2. The van der Waals surface area contributed by atoms with E-state index in [-0.39, 0.29) is 5.56 Å². The van der Waals surface area contributed by atoms with Crippen LogP contribution in [0.15, 0.2) is 36.7 Å². The van der Waals surface area contributed by atoms with Crippen molar-refractivity contribution in [3.05, 3.63) is 48.0 Å². The van der Waals surface area contributed by atoms with Gasteiger partial charge in [-0.05, 0) is 25.1 Å². The molecular formula is C13H12FN3O3. The Morgan fingerprint density at radius 1 is 1.45 bits per heavy atom. The summed E-state index contributed by atoms with van der Waals surface area (Å²) in [6.45, 7) is 1.45. The lowest BCUT2D eigenvalue weighted by Gasteiger charge is -2.05. The first kappa shape index (κ1) is 13.7. The largest absolute Gasteiger partial charge is 0.480 e. The van der Waals surface area contributed by atoms with Crippen LogP contribution < -0.4 is 5.32 Å². The molecule has 0 radical (unpaired) electrons. The van der Waals surface area contributed by atoms with Crippen LogP contribution in [0.4, 0.5) is 10.1 Å². The molecule has 104 valence electrons. The molecule has 1 amide bonds. The predicted molar refractivity (Wildman–Crippen MR) is 68.9 cm³/mol. The number of halogens is 1. The SMILES string of the molecule is CC(C(=O)O)n1cc(C(=O)Nc2cccc(F)c2)cn1. The summed E-state index contributed by atoms with van der Waals surface area (Å²) in [6, 6.07) is 4.60. The van der Waals surface area contributed by atoms with Crippen molar-refractivity contribution in [3.63, 3.8) is 0 Å². The van der Waals surface area contributed by atoms with Gasteiger partial charge in [0.15, 0.2) is 0 Å². The van der Waals surface area contributed by atoms with Crippen LogP contribution >= 0.6 is 0 Å². The van der Waals surface area contributed by atoms with Crippen LogP contribution in [-0.2, 0) is 4.79 Å². The van der Waals surface area contributed by atoms with Crippen LogP contribution in [0.3, 0.4) is 0 Å². The molecule has 1 atom stereocenters. The molecule has 2 N–H and O–H groups in total. The third-order valence-electron chi connectivity index (χ3n) is 2.70. The van der Waals surface area contributed by atoms with Crippen molar-refractivity contribution in [2.24, 2.45) is 0 Å². The number of nitrogens with zero attached hydrogens (tertiary/aromatic N) is 2. The van der Waals surface area contributed by atoms with Gasteiger partial charge >= 0.3 is 5.97 Å². The maximum absolute atomic E-state index is 13.0. The van der Waals surface area contributed by atoms with Gasteiger partial charge in [0, 0.05) is 11.9 Å². The molecule has 7 heteroatoms. The average molecular weight is 277 g/mol. The Kier molecular flexibility index (Phi) is 3.79. The third kappa shape index (κ3) is 3.00. The summed E-state index contributed by atoms with van der Waals surface area (Å²) in [5, 5.41) is 15.2. The lowest BCUT2D eigenvalue weighted by molar-refractivity contribution is -0.140. The second kappa shape index (κ2) is 5.52. The zero-order valence-electron chi connectivity index (χ0n) is 10.6. The summed E-state index contributed by atoms with van der Waals surface area (Å²) in [6.07, 6.45) is 2.58. The van der Waals surface area contributed by atoms with Gasteiger partial charge in [0.2, 0.25) is 0 Å². The van der Waals surface area contributed by atoms with Gasteiger partial charge in [-0.2, -0.15) is 5.10 Å². The number of carboxylic acids is 1. The number of aromatic nitrogens is 2. The van der Waals surface area contributed by atoms with Gasteiger partial charge in [0.1, 0.15) is 11.9 Å². The van der Waals surface area contributed by atoms with E-state index in [1.807, 2.05) is 0 Å². The van der Waals surface area contributed by atoms with Crippen LogP contribution in [0.1, 0.15) is 23.3 Å². The van der Waals surface area contributed by atoms with E-state index in [2.05, 4.69) is 10.4 Å². The van der Waals surface area contributed by atoms with Crippen molar-refractivity contribution < 1.29 is 19.1 Å².